The normalized spacial score (nSPS) is 11.8. The van der Waals surface area contributed by atoms with Crippen molar-refractivity contribution in [1.29, 1.82) is 0 Å². The summed E-state index contributed by atoms with van der Waals surface area (Å²) in [5.74, 6) is 5.32. The number of aliphatic hydroxyl groups is 5. The molecule has 17 aromatic heterocycles. The largest absolute Gasteiger partial charge is 1.00 e. The van der Waals surface area contributed by atoms with E-state index in [2.05, 4.69) is 144 Å². The SMILES string of the molecule is CCOC(=O)C[n+]1c(N=CN(C)C)sc(C)c1C.CCOC(=O)c1cnc2sc(C)c(C)n12.Cc1nc(N)sc1C.Cc1nc(N=CN(C)C)sc1C.Cc1sc2ncc(C(C)O)n2c1C.Cc1sc2ncc(C(C)O)n2c1C.Cc1sc2ncc(C(O)C#Cc3ccccc3)n2c1C.Cc1sc2ncc(C(O)CCCc3ccccc3)n2c1C.Cc1sc2ncc(C=O)n2c1C.Cc1sc2ncc(CO)n2c1C.[Br-]. The summed E-state index contributed by atoms with van der Waals surface area (Å²) in [4.78, 5) is 103. The Balaban J connectivity index is 0.000000181. The lowest BCUT2D eigenvalue weighted by atomic mass is 10.0. The summed E-state index contributed by atoms with van der Waals surface area (Å²) in [7, 11) is 7.70. The number of halogens is 1. The zero-order valence-electron chi connectivity index (χ0n) is 87.0. The van der Waals surface area contributed by atoms with Gasteiger partial charge in [-0.1, -0.05) is 71.7 Å². The van der Waals surface area contributed by atoms with Gasteiger partial charge in [0.15, 0.2) is 64.5 Å². The van der Waals surface area contributed by atoms with Crippen molar-refractivity contribution in [2.24, 2.45) is 9.98 Å². The lowest BCUT2D eigenvalue weighted by molar-refractivity contribution is -0.675. The van der Waals surface area contributed by atoms with Gasteiger partial charge in [-0.2, -0.15) is 0 Å². The van der Waals surface area contributed by atoms with Crippen LogP contribution in [0.5, 0.6) is 0 Å². The van der Waals surface area contributed by atoms with Crippen LogP contribution in [0, 0.1) is 150 Å². The molecule has 19 aromatic rings. The number of rotatable bonds is 19. The number of thiazole rings is 10. The van der Waals surface area contributed by atoms with Crippen molar-refractivity contribution in [2.45, 2.75) is 223 Å². The Hall–Kier alpha value is -11.3. The van der Waals surface area contributed by atoms with Gasteiger partial charge in [-0.15, -0.1) is 90.7 Å². The maximum Gasteiger partial charge on any atom is 0.384 e. The van der Waals surface area contributed by atoms with E-state index >= 15 is 0 Å². The van der Waals surface area contributed by atoms with E-state index in [1.165, 1.54) is 83.6 Å². The van der Waals surface area contributed by atoms with Gasteiger partial charge in [0, 0.05) is 118 Å². The van der Waals surface area contributed by atoms with Gasteiger partial charge < -0.3 is 67.5 Å². The molecule has 0 spiro atoms. The van der Waals surface area contributed by atoms with E-state index in [0.717, 1.165) is 144 Å². The van der Waals surface area contributed by atoms with Crippen LogP contribution >= 0.6 is 113 Å². The van der Waals surface area contributed by atoms with Crippen molar-refractivity contribution in [2.75, 3.05) is 47.1 Å². The van der Waals surface area contributed by atoms with Crippen LogP contribution in [0.1, 0.15) is 231 Å². The highest BCUT2D eigenvalue weighted by Crippen LogP contribution is 2.34. The van der Waals surface area contributed by atoms with E-state index in [9.17, 15) is 34.8 Å². The highest BCUT2D eigenvalue weighted by molar-refractivity contribution is 7.19. The van der Waals surface area contributed by atoms with Crippen LogP contribution in [-0.2, 0) is 33.8 Å². The standard InChI is InChI=1S/C17H20N2OS.C16H14N2OS.C12H20N3O2S.C10H12N2O2S.2C9H12N2OS.C8H13N3S.C8H10N2OS.C8H8N2OS.C5H8N2S.BrH/c1-12-13(2)21-17-18-11-15(19(12)17)16(20)10-6-9-14-7-4-3-5-8-14;1-11-12(2)20-16-17-10-14(18(11)16)15(19)9-8-13-6-4-3-5-7-13;1-6-17-11(16)7-15-9(2)10(3)18-12(15)13-8-14(4)5;1-4-14-9(13)8-5-11-10-12(8)6(2)7(3)15-10;2*1-5-7(3)13-9-10-4-8(6(2)12)11(5)9;1-6-7(2)12-8(10-6)9-5-11(3)4;2*1-5-6(2)12-8-9-3-7(4-11)10(5)8;1-3-4(2)8-5(6)7-3;/h3-5,7-8,11,16,20H,6,9-10H2,1-2H3;3-7,10,15,19H,1-2H3;8H,6-7H2,1-5H3;5H,4H2,1-3H3;2*4,6,12H,1-3H3;5H,1-4H3;3,11H,4H2,1-2H3;3-4H,1-2H3;1-2H3,(H2,6,7);1H/q;;+1;;;;;;;;/p-1. The van der Waals surface area contributed by atoms with Gasteiger partial charge in [-0.05, 0) is 219 Å². The molecule has 0 amide bonds. The summed E-state index contributed by atoms with van der Waals surface area (Å²) >= 11 is 16.2. The molecule has 0 saturated heterocycles. The third-order valence-corrected chi connectivity index (χ3v) is 33.4. The summed E-state index contributed by atoms with van der Waals surface area (Å²) in [5, 5.41) is 51.0. The van der Waals surface area contributed by atoms with E-state index in [4.69, 9.17) is 20.3 Å². The number of fused-ring (bicyclic) bond motifs is 7. The number of aryl methyl sites for hydroxylation is 20. The zero-order valence-corrected chi connectivity index (χ0v) is 96.8. The van der Waals surface area contributed by atoms with Crippen LogP contribution in [0.25, 0.3) is 34.7 Å². The summed E-state index contributed by atoms with van der Waals surface area (Å²) < 4.78 is 25.7. The number of aliphatic imine (C=N–C) groups is 2. The quantitative estimate of drug-likeness (QED) is 0.0109. The average molecular weight is 2220 g/mol. The molecule has 0 bridgehead atoms. The Bertz CT molecular complexity index is 7500. The molecule has 4 atom stereocenters. The van der Waals surface area contributed by atoms with E-state index in [-0.39, 0.29) is 42.1 Å². The minimum atomic E-state index is -0.835. The molecule has 43 heteroatoms. The number of carbonyl (C=O) groups is 3. The number of ether oxygens (including phenoxy) is 2. The lowest BCUT2D eigenvalue weighted by Crippen LogP contribution is -3.00. The summed E-state index contributed by atoms with van der Waals surface area (Å²) in [6.45, 7) is 48.8. The second-order valence-electron chi connectivity index (χ2n) is 33.8. The lowest BCUT2D eigenvalue weighted by Gasteiger charge is -2.10. The Morgan fingerprint density at radius 1 is 0.469 bits per heavy atom. The van der Waals surface area contributed by atoms with Crippen LogP contribution < -0.4 is 27.3 Å². The van der Waals surface area contributed by atoms with Gasteiger partial charge in [0.05, 0.1) is 133 Å². The van der Waals surface area contributed by atoms with Crippen molar-refractivity contribution in [3.63, 3.8) is 0 Å². The number of esters is 2. The highest BCUT2D eigenvalue weighted by atomic mass is 79.9. The number of hydrogen-bond acceptors (Lipinski definition) is 32. The Morgan fingerprint density at radius 3 is 1.31 bits per heavy atom. The van der Waals surface area contributed by atoms with Gasteiger partial charge in [0.1, 0.15) is 11.4 Å². The van der Waals surface area contributed by atoms with Gasteiger partial charge in [-0.25, -0.2) is 64.0 Å². The maximum absolute atomic E-state index is 11.6. The zero-order chi connectivity index (χ0) is 106. The molecular weight excluding hydrogens is 2090 g/mol. The fourth-order valence-electron chi connectivity index (χ4n) is 14.0. The molecule has 19 rings (SSSR count). The van der Waals surface area contributed by atoms with Crippen molar-refractivity contribution in [1.82, 2.24) is 85.5 Å². The molecule has 0 fully saturated rings. The molecule has 7 N–H and O–H groups in total. The monoisotopic (exact) mass is 2220 g/mol. The molecule has 2 aromatic carbocycles. The number of anilines is 1. The van der Waals surface area contributed by atoms with Crippen LogP contribution in [0.4, 0.5) is 15.4 Å². The van der Waals surface area contributed by atoms with Crippen LogP contribution in [0.3, 0.4) is 0 Å². The van der Waals surface area contributed by atoms with Crippen molar-refractivity contribution in [3.05, 3.63) is 261 Å². The van der Waals surface area contributed by atoms with E-state index in [1.807, 2.05) is 202 Å². The molecule has 774 valence electrons. The number of nitrogen functional groups attached to an aromatic ring is 1. The molecule has 145 heavy (non-hydrogen) atoms. The Kier molecular flexibility index (Phi) is 44.0. The molecule has 17 heterocycles. The Labute approximate surface area is 895 Å². The number of hydrogen-bond donors (Lipinski definition) is 6. The van der Waals surface area contributed by atoms with Crippen LogP contribution in [0.2, 0.25) is 0 Å². The molecule has 4 unspecified atom stereocenters. The van der Waals surface area contributed by atoms with E-state index in [1.54, 1.807) is 180 Å². The first-order valence-corrected chi connectivity index (χ1v) is 54.4. The van der Waals surface area contributed by atoms with Crippen molar-refractivity contribution >= 4 is 194 Å². The average Bonchev–Trinajstić information content (AvgIpc) is 1.63. The van der Waals surface area contributed by atoms with Crippen molar-refractivity contribution in [3.8, 4) is 11.8 Å². The summed E-state index contributed by atoms with van der Waals surface area (Å²) in [6.07, 6.45) is 16.7. The number of imidazole rings is 7. The molecular formula is C102H129BrN22O10S10. The second-order valence-corrected chi connectivity index (χ2v) is 45.7. The fourth-order valence-corrected chi connectivity index (χ4v) is 23.1. The van der Waals surface area contributed by atoms with Gasteiger partial charge in [-0.3, -0.25) is 35.6 Å². The highest BCUT2D eigenvalue weighted by Gasteiger charge is 2.25. The minimum absolute atomic E-state index is 0. The first-order chi connectivity index (χ1) is 68.4. The van der Waals surface area contributed by atoms with Gasteiger partial charge in [0.2, 0.25) is 11.5 Å². The van der Waals surface area contributed by atoms with Crippen molar-refractivity contribution < 1.29 is 70.9 Å². The Morgan fingerprint density at radius 2 is 0.869 bits per heavy atom. The van der Waals surface area contributed by atoms with Crippen LogP contribution in [0.15, 0.2) is 114 Å². The molecule has 0 aliphatic heterocycles. The summed E-state index contributed by atoms with van der Waals surface area (Å²) in [6, 6.07) is 20.1. The molecule has 0 radical (unpaired) electrons. The van der Waals surface area contributed by atoms with Crippen LogP contribution in [-0.4, -0.2) is 183 Å². The topological polar surface area (TPSA) is 379 Å². The number of nitrogens with zero attached hydrogens (tertiary/aromatic N) is 21. The van der Waals surface area contributed by atoms with E-state index in [0.29, 0.717) is 29.7 Å². The minimum Gasteiger partial charge on any atom is -1.00 e. The molecule has 0 aliphatic carbocycles. The first-order valence-electron chi connectivity index (χ1n) is 46.2. The number of aromatic nitrogens is 17. The number of aldehydes is 1. The van der Waals surface area contributed by atoms with E-state index < -0.39 is 24.4 Å². The number of benzene rings is 2. The first kappa shape index (κ1) is 117. The predicted octanol–water partition coefficient (Wildman–Crippen LogP) is 18.6. The second kappa shape index (κ2) is 54.4. The van der Waals surface area contributed by atoms with Gasteiger partial charge >= 0.3 is 17.1 Å². The smallest absolute Gasteiger partial charge is 0.384 e. The number of carbonyl (C=O) groups excluding carboxylic acids is 3. The third kappa shape index (κ3) is 30.0. The summed E-state index contributed by atoms with van der Waals surface area (Å²) in [5.41, 5.74) is 24.2. The molecule has 0 saturated carbocycles. The van der Waals surface area contributed by atoms with Gasteiger partial charge in [0.25, 0.3) is 0 Å². The molecule has 0 aliphatic rings. The molecule has 32 nitrogen and oxygen atoms in total. The number of aliphatic hydroxyl groups excluding tert-OH is 5. The number of nitrogens with two attached hydrogens (primary N) is 1. The predicted molar refractivity (Wildman–Crippen MR) is 591 cm³/mol. The maximum atomic E-state index is 11.6. The third-order valence-electron chi connectivity index (χ3n) is 22.9. The fraction of sp³-hybridized carbons (Fsp3) is 0.382.